The highest BCUT2D eigenvalue weighted by Crippen LogP contribution is 2.19. The number of benzene rings is 1. The van der Waals surface area contributed by atoms with Crippen molar-refractivity contribution >= 4 is 16.8 Å². The summed E-state index contributed by atoms with van der Waals surface area (Å²) in [6.07, 6.45) is 5.65. The molecule has 2 aromatic rings. The van der Waals surface area contributed by atoms with E-state index in [0.29, 0.717) is 12.5 Å². The second kappa shape index (κ2) is 7.30. The van der Waals surface area contributed by atoms with Crippen LogP contribution in [0.1, 0.15) is 45.6 Å². The zero-order valence-electron chi connectivity index (χ0n) is 13.4. The lowest BCUT2D eigenvalue weighted by atomic mass is 10.1. The lowest BCUT2D eigenvalue weighted by Gasteiger charge is -2.28. The van der Waals surface area contributed by atoms with Gasteiger partial charge in [-0.05, 0) is 31.4 Å². The molecule has 0 radical (unpaired) electrons. The minimum absolute atomic E-state index is 0.238. The second-order valence-electron chi connectivity index (χ2n) is 5.73. The molecule has 0 aliphatic heterocycles. The van der Waals surface area contributed by atoms with E-state index in [9.17, 15) is 4.79 Å². The van der Waals surface area contributed by atoms with E-state index >= 15 is 0 Å². The highest BCUT2D eigenvalue weighted by Gasteiger charge is 2.19. The number of fused-ring (bicyclic) bond motifs is 1. The van der Waals surface area contributed by atoms with Crippen molar-refractivity contribution in [3.05, 3.63) is 36.0 Å². The fraction of sp³-hybridized carbons (Fsp3) is 0.500. The van der Waals surface area contributed by atoms with Crippen LogP contribution in [0.2, 0.25) is 0 Å². The summed E-state index contributed by atoms with van der Waals surface area (Å²) >= 11 is 0. The van der Waals surface area contributed by atoms with Crippen molar-refractivity contribution in [2.24, 2.45) is 0 Å². The first-order valence-electron chi connectivity index (χ1n) is 8.01. The van der Waals surface area contributed by atoms with Crippen LogP contribution < -0.4 is 0 Å². The molecule has 3 heteroatoms. The molecule has 2 rings (SSSR count). The average Bonchev–Trinajstić information content (AvgIpc) is 2.90. The first-order chi connectivity index (χ1) is 10.2. The smallest absolute Gasteiger partial charge is 0.227 e. The van der Waals surface area contributed by atoms with E-state index in [4.69, 9.17) is 0 Å². The Morgan fingerprint density at radius 3 is 2.76 bits per heavy atom. The number of hydrogen-bond acceptors (Lipinski definition) is 1. The first kappa shape index (κ1) is 15.6. The lowest BCUT2D eigenvalue weighted by molar-refractivity contribution is -0.132. The van der Waals surface area contributed by atoms with Gasteiger partial charge in [-0.15, -0.1) is 0 Å². The fourth-order valence-electron chi connectivity index (χ4n) is 2.68. The van der Waals surface area contributed by atoms with Gasteiger partial charge in [0.15, 0.2) is 0 Å². The van der Waals surface area contributed by atoms with Crippen LogP contribution in [0.3, 0.4) is 0 Å². The molecule has 0 bridgehead atoms. The van der Waals surface area contributed by atoms with Crippen LogP contribution in [-0.4, -0.2) is 28.4 Å². The Morgan fingerprint density at radius 2 is 2.05 bits per heavy atom. The molecule has 1 unspecified atom stereocenters. The van der Waals surface area contributed by atoms with Crippen molar-refractivity contribution in [1.29, 1.82) is 0 Å². The number of rotatable bonds is 7. The Bertz CT molecular complexity index is 588. The molecule has 1 N–H and O–H groups in total. The predicted octanol–water partition coefficient (Wildman–Crippen LogP) is 4.14. The summed E-state index contributed by atoms with van der Waals surface area (Å²) in [5.41, 5.74) is 2.20. The number of amides is 1. The van der Waals surface area contributed by atoms with Gasteiger partial charge < -0.3 is 9.88 Å². The maximum absolute atomic E-state index is 12.7. The van der Waals surface area contributed by atoms with Gasteiger partial charge in [-0.1, -0.05) is 38.5 Å². The van der Waals surface area contributed by atoms with Gasteiger partial charge in [0.2, 0.25) is 5.91 Å². The molecule has 114 valence electrons. The fourth-order valence-corrected chi connectivity index (χ4v) is 2.68. The third-order valence-corrected chi connectivity index (χ3v) is 4.21. The topological polar surface area (TPSA) is 36.1 Å². The van der Waals surface area contributed by atoms with Gasteiger partial charge in [-0.25, -0.2) is 0 Å². The molecule has 1 atom stereocenters. The van der Waals surface area contributed by atoms with E-state index in [0.717, 1.165) is 42.3 Å². The van der Waals surface area contributed by atoms with E-state index in [1.807, 2.05) is 29.3 Å². The molecular formula is C18H26N2O. The summed E-state index contributed by atoms with van der Waals surface area (Å²) in [6, 6.07) is 8.47. The molecular weight excluding hydrogens is 260 g/mol. The minimum atomic E-state index is 0.238. The standard InChI is InChI=1S/C18H26N2O/c1-4-6-11-20(14(3)5-2)18(21)12-15-13-19-17-10-8-7-9-16(15)17/h7-10,13-14,19H,4-6,11-12H2,1-3H3. The molecule has 21 heavy (non-hydrogen) atoms. The molecule has 0 saturated heterocycles. The Kier molecular flexibility index (Phi) is 5.43. The van der Waals surface area contributed by atoms with Gasteiger partial charge in [0.1, 0.15) is 0 Å². The zero-order valence-corrected chi connectivity index (χ0v) is 13.4. The van der Waals surface area contributed by atoms with E-state index in [1.165, 1.54) is 0 Å². The normalized spacial score (nSPS) is 12.5. The predicted molar refractivity (Wildman–Crippen MR) is 88.4 cm³/mol. The zero-order chi connectivity index (χ0) is 15.2. The van der Waals surface area contributed by atoms with Gasteiger partial charge >= 0.3 is 0 Å². The van der Waals surface area contributed by atoms with Crippen molar-refractivity contribution in [2.75, 3.05) is 6.54 Å². The Balaban J connectivity index is 2.14. The van der Waals surface area contributed by atoms with Crippen molar-refractivity contribution < 1.29 is 4.79 Å². The summed E-state index contributed by atoms with van der Waals surface area (Å²) in [6.45, 7) is 7.32. The molecule has 1 amide bonds. The minimum Gasteiger partial charge on any atom is -0.361 e. The van der Waals surface area contributed by atoms with Crippen LogP contribution in [0, 0.1) is 0 Å². The van der Waals surface area contributed by atoms with Crippen LogP contribution in [0.15, 0.2) is 30.5 Å². The molecule has 1 heterocycles. The van der Waals surface area contributed by atoms with E-state index in [-0.39, 0.29) is 5.91 Å². The van der Waals surface area contributed by atoms with Crippen molar-refractivity contribution in [3.63, 3.8) is 0 Å². The molecule has 0 fully saturated rings. The Morgan fingerprint density at radius 1 is 1.29 bits per heavy atom. The summed E-state index contributed by atoms with van der Waals surface area (Å²) in [4.78, 5) is 18.0. The van der Waals surface area contributed by atoms with Crippen LogP contribution in [0.5, 0.6) is 0 Å². The highest BCUT2D eigenvalue weighted by molar-refractivity contribution is 5.89. The van der Waals surface area contributed by atoms with Gasteiger partial charge in [0.25, 0.3) is 0 Å². The lowest BCUT2D eigenvalue weighted by Crippen LogP contribution is -2.39. The molecule has 1 aromatic carbocycles. The number of carbonyl (C=O) groups is 1. The molecule has 0 saturated carbocycles. The molecule has 0 aliphatic rings. The van der Waals surface area contributed by atoms with Crippen LogP contribution in [0.4, 0.5) is 0 Å². The maximum Gasteiger partial charge on any atom is 0.227 e. The van der Waals surface area contributed by atoms with Crippen LogP contribution in [-0.2, 0) is 11.2 Å². The third-order valence-electron chi connectivity index (χ3n) is 4.21. The van der Waals surface area contributed by atoms with Crippen molar-refractivity contribution in [2.45, 2.75) is 52.5 Å². The quantitative estimate of drug-likeness (QED) is 0.816. The summed E-state index contributed by atoms with van der Waals surface area (Å²) in [5.74, 6) is 0.238. The number of carbonyl (C=O) groups excluding carboxylic acids is 1. The van der Waals surface area contributed by atoms with E-state index in [2.05, 4.69) is 31.8 Å². The average molecular weight is 286 g/mol. The third kappa shape index (κ3) is 3.66. The second-order valence-corrected chi connectivity index (χ2v) is 5.73. The van der Waals surface area contributed by atoms with Gasteiger partial charge in [0, 0.05) is 29.7 Å². The van der Waals surface area contributed by atoms with E-state index in [1.54, 1.807) is 0 Å². The van der Waals surface area contributed by atoms with Crippen LogP contribution >= 0.6 is 0 Å². The SMILES string of the molecule is CCCCN(C(=O)Cc1c[nH]c2ccccc12)C(C)CC. The number of aromatic nitrogens is 1. The number of H-pyrrole nitrogens is 1. The number of nitrogens with one attached hydrogen (secondary N) is 1. The number of hydrogen-bond donors (Lipinski definition) is 1. The molecule has 0 spiro atoms. The first-order valence-corrected chi connectivity index (χ1v) is 8.01. The number of aromatic amines is 1. The Labute approximate surface area is 127 Å². The van der Waals surface area contributed by atoms with Gasteiger partial charge in [0.05, 0.1) is 6.42 Å². The summed E-state index contributed by atoms with van der Waals surface area (Å²) in [5, 5.41) is 1.16. The van der Waals surface area contributed by atoms with Crippen molar-refractivity contribution in [1.82, 2.24) is 9.88 Å². The summed E-state index contributed by atoms with van der Waals surface area (Å²) in [7, 11) is 0. The van der Waals surface area contributed by atoms with E-state index < -0.39 is 0 Å². The number of unbranched alkanes of at least 4 members (excludes halogenated alkanes) is 1. The maximum atomic E-state index is 12.7. The Hall–Kier alpha value is -1.77. The van der Waals surface area contributed by atoms with Gasteiger partial charge in [-0.3, -0.25) is 4.79 Å². The molecule has 1 aromatic heterocycles. The summed E-state index contributed by atoms with van der Waals surface area (Å²) < 4.78 is 0. The number of para-hydroxylation sites is 1. The molecule has 0 aliphatic carbocycles. The number of nitrogens with zero attached hydrogens (tertiary/aromatic N) is 1. The molecule has 3 nitrogen and oxygen atoms in total. The highest BCUT2D eigenvalue weighted by atomic mass is 16.2. The van der Waals surface area contributed by atoms with Crippen LogP contribution in [0.25, 0.3) is 10.9 Å². The van der Waals surface area contributed by atoms with Crippen molar-refractivity contribution in [3.8, 4) is 0 Å². The monoisotopic (exact) mass is 286 g/mol. The largest absolute Gasteiger partial charge is 0.361 e. The van der Waals surface area contributed by atoms with Gasteiger partial charge in [-0.2, -0.15) is 0 Å².